The fourth-order valence-corrected chi connectivity index (χ4v) is 3.06. The van der Waals surface area contributed by atoms with Crippen LogP contribution in [0.3, 0.4) is 0 Å². The average Bonchev–Trinajstić information content (AvgIpc) is 3.33. The average molecular weight is 395 g/mol. The molecule has 6 nitrogen and oxygen atoms in total. The topological polar surface area (TPSA) is 83.4 Å². The quantitative estimate of drug-likeness (QED) is 0.619. The predicted molar refractivity (Wildman–Crippen MR) is 98.1 cm³/mol. The molecular formula is C20H12F3N5O. The molecule has 0 aliphatic carbocycles. The number of nitriles is 1. The molecule has 144 valence electrons. The van der Waals surface area contributed by atoms with E-state index >= 15 is 0 Å². The third-order valence-corrected chi connectivity index (χ3v) is 4.56. The van der Waals surface area contributed by atoms with Crippen molar-refractivity contribution in [1.29, 1.82) is 5.26 Å². The van der Waals surface area contributed by atoms with Crippen molar-refractivity contribution in [3.8, 4) is 17.3 Å². The van der Waals surface area contributed by atoms with E-state index in [9.17, 15) is 18.0 Å². The molecule has 3 heterocycles. The van der Waals surface area contributed by atoms with E-state index in [4.69, 9.17) is 5.26 Å². The van der Waals surface area contributed by atoms with Gasteiger partial charge in [0.05, 0.1) is 23.7 Å². The largest absolute Gasteiger partial charge is 0.416 e. The number of alkyl halides is 3. The number of halogens is 3. The van der Waals surface area contributed by atoms with Gasteiger partial charge >= 0.3 is 6.18 Å². The van der Waals surface area contributed by atoms with Gasteiger partial charge in [0.1, 0.15) is 17.5 Å². The zero-order valence-corrected chi connectivity index (χ0v) is 14.8. The summed E-state index contributed by atoms with van der Waals surface area (Å²) in [6.45, 7) is 0. The molecule has 0 atom stereocenters. The van der Waals surface area contributed by atoms with Crippen molar-refractivity contribution in [3.05, 3.63) is 65.4 Å². The molecule has 1 aliphatic rings. The highest BCUT2D eigenvalue weighted by molar-refractivity contribution is 5.96. The lowest BCUT2D eigenvalue weighted by atomic mass is 10.0. The van der Waals surface area contributed by atoms with Gasteiger partial charge in [0.15, 0.2) is 11.4 Å². The number of imidazole rings is 1. The molecule has 0 amide bonds. The molecule has 2 aromatic heterocycles. The summed E-state index contributed by atoms with van der Waals surface area (Å²) in [6, 6.07) is 6.66. The van der Waals surface area contributed by atoms with Gasteiger partial charge in [-0.3, -0.25) is 9.20 Å². The number of aromatic nitrogens is 3. The van der Waals surface area contributed by atoms with Crippen LogP contribution < -0.4 is 0 Å². The Hall–Kier alpha value is -3.80. The SMILES string of the molecule is N#CC1=C(CC(=O)c2cn3c(-c4ccc(C(F)(F)F)cc4)cnc3cn2)CC=N1. The zero-order chi connectivity index (χ0) is 20.6. The molecule has 0 bridgehead atoms. The number of hydrogen-bond acceptors (Lipinski definition) is 5. The lowest BCUT2D eigenvalue weighted by Gasteiger charge is -2.08. The highest BCUT2D eigenvalue weighted by atomic mass is 19.4. The second-order valence-electron chi connectivity index (χ2n) is 6.40. The minimum Gasteiger partial charge on any atom is -0.296 e. The number of hydrogen-bond donors (Lipinski definition) is 0. The molecule has 0 radical (unpaired) electrons. The van der Waals surface area contributed by atoms with Gasteiger partial charge in [0.2, 0.25) is 0 Å². The van der Waals surface area contributed by atoms with Gasteiger partial charge < -0.3 is 0 Å². The Morgan fingerprint density at radius 3 is 2.62 bits per heavy atom. The summed E-state index contributed by atoms with van der Waals surface area (Å²) in [5.74, 6) is -0.285. The minimum atomic E-state index is -4.41. The number of carbonyl (C=O) groups excluding carboxylic acids is 1. The second-order valence-corrected chi connectivity index (χ2v) is 6.40. The van der Waals surface area contributed by atoms with Crippen molar-refractivity contribution in [2.24, 2.45) is 4.99 Å². The van der Waals surface area contributed by atoms with Crippen LogP contribution in [0.5, 0.6) is 0 Å². The summed E-state index contributed by atoms with van der Waals surface area (Å²) in [6.07, 6.45) is 2.06. The predicted octanol–water partition coefficient (Wildman–Crippen LogP) is 4.24. The van der Waals surface area contributed by atoms with Gasteiger partial charge in [-0.2, -0.15) is 18.4 Å². The lowest BCUT2D eigenvalue weighted by Crippen LogP contribution is -2.06. The summed E-state index contributed by atoms with van der Waals surface area (Å²) in [4.78, 5) is 24.9. The van der Waals surface area contributed by atoms with Crippen molar-refractivity contribution >= 4 is 17.6 Å². The Bertz CT molecular complexity index is 1210. The molecule has 0 unspecified atom stereocenters. The van der Waals surface area contributed by atoms with Crippen LogP contribution in [0.1, 0.15) is 28.9 Å². The van der Waals surface area contributed by atoms with Gasteiger partial charge in [-0.15, -0.1) is 0 Å². The Morgan fingerprint density at radius 2 is 1.93 bits per heavy atom. The fraction of sp³-hybridized carbons (Fsp3) is 0.150. The van der Waals surface area contributed by atoms with Crippen LogP contribution in [-0.2, 0) is 6.18 Å². The number of nitrogens with zero attached hydrogens (tertiary/aromatic N) is 5. The van der Waals surface area contributed by atoms with E-state index in [-0.39, 0.29) is 23.6 Å². The summed E-state index contributed by atoms with van der Waals surface area (Å²) in [7, 11) is 0. The fourth-order valence-electron chi connectivity index (χ4n) is 3.06. The van der Waals surface area contributed by atoms with Crippen LogP contribution in [0.4, 0.5) is 13.2 Å². The minimum absolute atomic E-state index is 0.0196. The maximum atomic E-state index is 12.8. The van der Waals surface area contributed by atoms with E-state index in [0.717, 1.165) is 12.1 Å². The third-order valence-electron chi connectivity index (χ3n) is 4.56. The summed E-state index contributed by atoms with van der Waals surface area (Å²) in [5.41, 5.74) is 1.81. The number of ketones is 1. The highest BCUT2D eigenvalue weighted by Crippen LogP contribution is 2.31. The molecule has 1 aromatic carbocycles. The maximum Gasteiger partial charge on any atom is 0.416 e. The van der Waals surface area contributed by atoms with E-state index in [2.05, 4.69) is 15.0 Å². The first kappa shape index (κ1) is 18.6. The van der Waals surface area contributed by atoms with E-state index in [1.54, 1.807) is 10.6 Å². The van der Waals surface area contributed by atoms with Crippen LogP contribution in [-0.4, -0.2) is 26.4 Å². The molecule has 1 aliphatic heterocycles. The molecule has 0 saturated carbocycles. The summed E-state index contributed by atoms with van der Waals surface area (Å²) >= 11 is 0. The maximum absolute atomic E-state index is 12.8. The van der Waals surface area contributed by atoms with E-state index < -0.39 is 11.7 Å². The number of benzene rings is 1. The number of Topliss-reactive ketones (excluding diaryl/α,β-unsaturated/α-hetero) is 1. The van der Waals surface area contributed by atoms with Gasteiger partial charge in [0.25, 0.3) is 0 Å². The Balaban J connectivity index is 1.66. The smallest absolute Gasteiger partial charge is 0.296 e. The first-order valence-corrected chi connectivity index (χ1v) is 8.55. The van der Waals surface area contributed by atoms with Gasteiger partial charge in [0, 0.05) is 30.8 Å². The monoisotopic (exact) mass is 395 g/mol. The number of fused-ring (bicyclic) bond motifs is 1. The summed E-state index contributed by atoms with van der Waals surface area (Å²) in [5, 5.41) is 9.03. The molecule has 0 fully saturated rings. The molecular weight excluding hydrogens is 383 g/mol. The van der Waals surface area contributed by atoms with Crippen molar-refractivity contribution in [3.63, 3.8) is 0 Å². The van der Waals surface area contributed by atoms with Crippen LogP contribution >= 0.6 is 0 Å². The van der Waals surface area contributed by atoms with E-state index in [1.807, 2.05) is 6.07 Å². The van der Waals surface area contributed by atoms with Crippen molar-refractivity contribution < 1.29 is 18.0 Å². The van der Waals surface area contributed by atoms with Gasteiger partial charge in [-0.1, -0.05) is 12.1 Å². The molecule has 0 saturated heterocycles. The molecule has 0 spiro atoms. The first-order valence-electron chi connectivity index (χ1n) is 8.55. The van der Waals surface area contributed by atoms with Crippen LogP contribution in [0.15, 0.2) is 59.1 Å². The summed E-state index contributed by atoms with van der Waals surface area (Å²) < 4.78 is 39.9. The zero-order valence-electron chi connectivity index (χ0n) is 14.8. The van der Waals surface area contributed by atoms with Crippen molar-refractivity contribution in [2.75, 3.05) is 0 Å². The van der Waals surface area contributed by atoms with Crippen LogP contribution in [0, 0.1) is 11.3 Å². The van der Waals surface area contributed by atoms with Gasteiger partial charge in [-0.25, -0.2) is 15.0 Å². The van der Waals surface area contributed by atoms with Crippen molar-refractivity contribution in [2.45, 2.75) is 19.0 Å². The normalized spacial score (nSPS) is 13.9. The molecule has 29 heavy (non-hydrogen) atoms. The number of rotatable bonds is 4. The highest BCUT2D eigenvalue weighted by Gasteiger charge is 2.30. The third kappa shape index (κ3) is 3.52. The van der Waals surface area contributed by atoms with Crippen molar-refractivity contribution in [1.82, 2.24) is 14.4 Å². The number of aliphatic imine (C=N–C) groups is 1. The number of carbonyl (C=O) groups is 1. The Labute approximate surface area is 162 Å². The van der Waals surface area contributed by atoms with Crippen LogP contribution in [0.2, 0.25) is 0 Å². The lowest BCUT2D eigenvalue weighted by molar-refractivity contribution is -0.137. The Morgan fingerprint density at radius 1 is 1.17 bits per heavy atom. The molecule has 0 N–H and O–H groups in total. The molecule has 3 aromatic rings. The van der Waals surface area contributed by atoms with Crippen LogP contribution in [0.25, 0.3) is 16.9 Å². The Kier molecular flexibility index (Phi) is 4.47. The number of allylic oxidation sites excluding steroid dienone is 2. The first-order chi connectivity index (χ1) is 13.9. The molecule has 9 heteroatoms. The standard InChI is InChI=1S/C20H12F3N5O/c21-20(22,23)14-3-1-12(2-4-14)17-9-27-19-10-26-16(11-28(17)19)18(29)7-13-5-6-25-15(13)8-24/h1-4,6,9-11H,5,7H2. The second kappa shape index (κ2) is 6.98. The van der Waals surface area contributed by atoms with E-state index in [0.29, 0.717) is 28.9 Å². The molecule has 4 rings (SSSR count). The van der Waals surface area contributed by atoms with Gasteiger partial charge in [-0.05, 0) is 17.7 Å². The van der Waals surface area contributed by atoms with E-state index in [1.165, 1.54) is 30.7 Å².